The van der Waals surface area contributed by atoms with Gasteiger partial charge in [0.05, 0.1) is 6.33 Å². The summed E-state index contributed by atoms with van der Waals surface area (Å²) in [4.78, 5) is 20.4. The van der Waals surface area contributed by atoms with Crippen molar-refractivity contribution in [2.24, 2.45) is 5.73 Å². The minimum absolute atomic E-state index is 0.191. The highest BCUT2D eigenvalue weighted by Crippen LogP contribution is 2.27. The van der Waals surface area contributed by atoms with E-state index in [9.17, 15) is 4.79 Å². The molecule has 0 atom stereocenters. The molecule has 1 aromatic rings. The number of aromatic nitrogens is 2. The van der Waals surface area contributed by atoms with Crippen molar-refractivity contribution < 1.29 is 0 Å². The molecule has 5 N–H and O–H groups in total. The maximum atomic E-state index is 11.6. The standard InChI is InChI=1S/C12H21N5O/c13-6-7-17(9-4-2-1-3-5-9)11-10(14)12(18)16-8-15-11/h8-9H,1-7,13-14H2,(H,15,16,18). The molecular formula is C12H21N5O. The molecule has 0 amide bonds. The van der Waals surface area contributed by atoms with Gasteiger partial charge in [-0.15, -0.1) is 0 Å². The van der Waals surface area contributed by atoms with Gasteiger partial charge >= 0.3 is 0 Å². The molecule has 0 radical (unpaired) electrons. The van der Waals surface area contributed by atoms with Crippen LogP contribution in [0.25, 0.3) is 0 Å². The second-order valence-electron chi connectivity index (χ2n) is 4.74. The molecule has 6 nitrogen and oxygen atoms in total. The van der Waals surface area contributed by atoms with Crippen LogP contribution in [-0.2, 0) is 0 Å². The zero-order chi connectivity index (χ0) is 13.0. The molecule has 0 spiro atoms. The minimum atomic E-state index is -0.280. The van der Waals surface area contributed by atoms with Crippen LogP contribution in [-0.4, -0.2) is 29.1 Å². The van der Waals surface area contributed by atoms with Gasteiger partial charge in [0.15, 0.2) is 5.82 Å². The normalized spacial score (nSPS) is 16.7. The van der Waals surface area contributed by atoms with Gasteiger partial charge < -0.3 is 21.4 Å². The third kappa shape index (κ3) is 2.64. The van der Waals surface area contributed by atoms with Crippen LogP contribution in [0.2, 0.25) is 0 Å². The molecule has 0 saturated heterocycles. The van der Waals surface area contributed by atoms with Crippen molar-refractivity contribution >= 4 is 11.5 Å². The number of nitrogens with zero attached hydrogens (tertiary/aromatic N) is 2. The highest BCUT2D eigenvalue weighted by Gasteiger charge is 2.23. The summed E-state index contributed by atoms with van der Waals surface area (Å²) in [6, 6.07) is 0.402. The smallest absolute Gasteiger partial charge is 0.276 e. The van der Waals surface area contributed by atoms with E-state index in [1.54, 1.807) is 0 Å². The quantitative estimate of drug-likeness (QED) is 0.721. The topological polar surface area (TPSA) is 101 Å². The lowest BCUT2D eigenvalue weighted by molar-refractivity contribution is 0.414. The van der Waals surface area contributed by atoms with Gasteiger partial charge in [0, 0.05) is 19.1 Å². The van der Waals surface area contributed by atoms with Gasteiger partial charge in [-0.3, -0.25) is 4.79 Å². The van der Waals surface area contributed by atoms with Gasteiger partial charge in [-0.25, -0.2) is 4.98 Å². The fourth-order valence-corrected chi connectivity index (χ4v) is 2.62. The van der Waals surface area contributed by atoms with E-state index in [-0.39, 0.29) is 11.2 Å². The molecule has 1 aliphatic carbocycles. The Kier molecular flexibility index (Phi) is 4.19. The minimum Gasteiger partial charge on any atom is -0.391 e. The van der Waals surface area contributed by atoms with Gasteiger partial charge in [-0.2, -0.15) is 0 Å². The largest absolute Gasteiger partial charge is 0.391 e. The third-order valence-corrected chi connectivity index (χ3v) is 3.53. The summed E-state index contributed by atoms with van der Waals surface area (Å²) in [5.74, 6) is 0.580. The lowest BCUT2D eigenvalue weighted by Gasteiger charge is -2.35. The first-order valence-corrected chi connectivity index (χ1v) is 6.54. The molecule has 6 heteroatoms. The fourth-order valence-electron chi connectivity index (χ4n) is 2.62. The number of rotatable bonds is 4. The SMILES string of the molecule is NCCN(c1nc[nH]c(=O)c1N)C1CCCCC1. The number of hydrogen-bond acceptors (Lipinski definition) is 5. The number of H-pyrrole nitrogens is 1. The molecule has 1 aromatic heterocycles. The van der Waals surface area contributed by atoms with Gasteiger partial charge in [-0.05, 0) is 12.8 Å². The Balaban J connectivity index is 2.28. The Morgan fingerprint density at radius 2 is 2.11 bits per heavy atom. The molecule has 1 heterocycles. The highest BCUT2D eigenvalue weighted by molar-refractivity contribution is 5.61. The lowest BCUT2D eigenvalue weighted by atomic mass is 9.94. The van der Waals surface area contributed by atoms with Crippen molar-refractivity contribution in [3.05, 3.63) is 16.7 Å². The summed E-state index contributed by atoms with van der Waals surface area (Å²) in [5.41, 5.74) is 11.4. The predicted octanol–water partition coefficient (Wildman–Crippen LogP) is 0.450. The molecule has 1 aliphatic rings. The molecule has 2 rings (SSSR count). The maximum Gasteiger partial charge on any atom is 0.276 e. The van der Waals surface area contributed by atoms with E-state index in [4.69, 9.17) is 11.5 Å². The van der Waals surface area contributed by atoms with E-state index in [0.29, 0.717) is 24.9 Å². The van der Waals surface area contributed by atoms with Crippen LogP contribution < -0.4 is 21.9 Å². The molecule has 1 saturated carbocycles. The molecule has 1 fully saturated rings. The van der Waals surface area contributed by atoms with Crippen LogP contribution in [0.1, 0.15) is 32.1 Å². The lowest BCUT2D eigenvalue weighted by Crippen LogP contribution is -2.41. The summed E-state index contributed by atoms with van der Waals surface area (Å²) in [5, 5.41) is 0. The average Bonchev–Trinajstić information content (AvgIpc) is 2.41. The molecule has 0 aliphatic heterocycles. The van der Waals surface area contributed by atoms with E-state index in [1.807, 2.05) is 0 Å². The summed E-state index contributed by atoms with van der Waals surface area (Å²) >= 11 is 0. The molecule has 0 aromatic carbocycles. The van der Waals surface area contributed by atoms with E-state index in [1.165, 1.54) is 25.6 Å². The first kappa shape index (κ1) is 12.9. The van der Waals surface area contributed by atoms with Gasteiger partial charge in [0.25, 0.3) is 5.56 Å². The van der Waals surface area contributed by atoms with E-state index in [2.05, 4.69) is 14.9 Å². The Morgan fingerprint density at radius 3 is 2.78 bits per heavy atom. The van der Waals surface area contributed by atoms with Crippen molar-refractivity contribution in [2.45, 2.75) is 38.1 Å². The van der Waals surface area contributed by atoms with E-state index in [0.717, 1.165) is 12.8 Å². The molecule has 0 unspecified atom stereocenters. The van der Waals surface area contributed by atoms with Crippen LogP contribution in [0.4, 0.5) is 11.5 Å². The molecule has 100 valence electrons. The maximum absolute atomic E-state index is 11.6. The second-order valence-corrected chi connectivity index (χ2v) is 4.74. The van der Waals surface area contributed by atoms with Crippen LogP contribution >= 0.6 is 0 Å². The first-order valence-electron chi connectivity index (χ1n) is 6.54. The van der Waals surface area contributed by atoms with Crippen LogP contribution in [0.5, 0.6) is 0 Å². The van der Waals surface area contributed by atoms with Gasteiger partial charge in [-0.1, -0.05) is 19.3 Å². The Bertz CT molecular complexity index is 438. The summed E-state index contributed by atoms with van der Waals surface area (Å²) in [6.45, 7) is 1.22. The third-order valence-electron chi connectivity index (χ3n) is 3.53. The van der Waals surface area contributed by atoms with Gasteiger partial charge in [0.1, 0.15) is 5.69 Å². The van der Waals surface area contributed by atoms with Crippen molar-refractivity contribution in [3.63, 3.8) is 0 Å². The number of nitrogens with one attached hydrogen (secondary N) is 1. The number of aromatic amines is 1. The average molecular weight is 251 g/mol. The summed E-state index contributed by atoms with van der Waals surface area (Å²) in [6.07, 6.45) is 7.36. The van der Waals surface area contributed by atoms with Crippen molar-refractivity contribution in [3.8, 4) is 0 Å². The van der Waals surface area contributed by atoms with Crippen molar-refractivity contribution in [1.82, 2.24) is 9.97 Å². The fraction of sp³-hybridized carbons (Fsp3) is 0.667. The molecule has 0 bridgehead atoms. The van der Waals surface area contributed by atoms with Crippen LogP contribution in [0.3, 0.4) is 0 Å². The van der Waals surface area contributed by atoms with E-state index >= 15 is 0 Å². The zero-order valence-electron chi connectivity index (χ0n) is 10.6. The van der Waals surface area contributed by atoms with E-state index < -0.39 is 0 Å². The van der Waals surface area contributed by atoms with Gasteiger partial charge in [0.2, 0.25) is 0 Å². The summed E-state index contributed by atoms with van der Waals surface area (Å²) < 4.78 is 0. The summed E-state index contributed by atoms with van der Waals surface area (Å²) in [7, 11) is 0. The monoisotopic (exact) mass is 251 g/mol. The molecule has 18 heavy (non-hydrogen) atoms. The Hall–Kier alpha value is -1.56. The zero-order valence-corrected chi connectivity index (χ0v) is 10.6. The Morgan fingerprint density at radius 1 is 1.39 bits per heavy atom. The number of nitrogens with two attached hydrogens (primary N) is 2. The van der Waals surface area contributed by atoms with Crippen molar-refractivity contribution in [2.75, 3.05) is 23.7 Å². The van der Waals surface area contributed by atoms with Crippen molar-refractivity contribution in [1.29, 1.82) is 0 Å². The Labute approximate surface area is 106 Å². The van der Waals surface area contributed by atoms with Crippen LogP contribution in [0, 0.1) is 0 Å². The first-order chi connectivity index (χ1) is 8.74. The highest BCUT2D eigenvalue weighted by atomic mass is 16.1. The number of nitrogen functional groups attached to an aromatic ring is 1. The number of hydrogen-bond donors (Lipinski definition) is 3. The predicted molar refractivity (Wildman–Crippen MR) is 72.5 cm³/mol. The number of anilines is 2. The molecular weight excluding hydrogens is 230 g/mol. The van der Waals surface area contributed by atoms with Crippen LogP contribution in [0.15, 0.2) is 11.1 Å². The second kappa shape index (κ2) is 5.86.